The van der Waals surface area contributed by atoms with Crippen molar-refractivity contribution >= 4 is 61.4 Å². The molecule has 0 saturated carbocycles. The Morgan fingerprint density at radius 1 is 0.722 bits per heavy atom. The van der Waals surface area contributed by atoms with Crippen LogP contribution in [-0.4, -0.2) is 76.7 Å². The average Bonchev–Trinajstić information content (AvgIpc) is 1.81. The van der Waals surface area contributed by atoms with Gasteiger partial charge >= 0.3 is 62.6 Å². The van der Waals surface area contributed by atoms with E-state index >= 15 is 0 Å². The maximum absolute atomic E-state index is 8.25. The minimum absolute atomic E-state index is 0. The molecule has 101 valence electrons. The summed E-state index contributed by atoms with van der Waals surface area (Å²) in [6, 6.07) is 0. The Labute approximate surface area is 149 Å². The van der Waals surface area contributed by atoms with Gasteiger partial charge in [0, 0.05) is 0 Å². The van der Waals surface area contributed by atoms with Gasteiger partial charge in [-0.25, -0.2) is 0 Å². The van der Waals surface area contributed by atoms with E-state index in [1.807, 2.05) is 16.0 Å². The largest absolute Gasteiger partial charge is 3.00 e. The summed E-state index contributed by atoms with van der Waals surface area (Å²) in [4.78, 5) is 24.8. The molecule has 0 saturated heterocycles. The number of hydrogen-bond acceptors (Lipinski definition) is 10. The fourth-order valence-electron chi connectivity index (χ4n) is 0. The molecule has 0 aromatic rings. The van der Waals surface area contributed by atoms with E-state index in [0.29, 0.717) is 0 Å². The van der Waals surface area contributed by atoms with E-state index in [9.17, 15) is 0 Å². The normalized spacial score (nSPS) is 4.89. The van der Waals surface area contributed by atoms with Gasteiger partial charge in [-0.15, -0.1) is 0 Å². The van der Waals surface area contributed by atoms with Crippen LogP contribution in [0.5, 0.6) is 0 Å². The van der Waals surface area contributed by atoms with Gasteiger partial charge in [0.05, 0.1) is 15.3 Å². The van der Waals surface area contributed by atoms with Crippen LogP contribution in [-0.2, 0) is 22.5 Å². The minimum Gasteiger partial charge on any atom is -2.00 e. The molecule has 0 unspecified atom stereocenters. The molecule has 0 aromatic carbocycles. The van der Waals surface area contributed by atoms with Crippen LogP contribution >= 0.6 is 0 Å². The molecule has 14 nitrogen and oxygen atoms in total. The standard InChI is InChI=1S/B2H5N.Fe.3NO3.O.Sr/c1-3-2;;3*2-1(3)4;;/h3H,1-2H2;;;;;;/q;+3;3*-1;-2;+2. The van der Waals surface area contributed by atoms with E-state index in [1.165, 1.54) is 0 Å². The zero-order valence-electron chi connectivity index (χ0n) is 8.98. The third kappa shape index (κ3) is 27400. The molecule has 18 heavy (non-hydrogen) atoms. The molecule has 0 rings (SSSR count). The smallest absolute Gasteiger partial charge is 2.00 e. The van der Waals surface area contributed by atoms with E-state index in [-0.39, 0.29) is 68.0 Å². The van der Waals surface area contributed by atoms with Gasteiger partial charge < -0.3 is 56.6 Å². The summed E-state index contributed by atoms with van der Waals surface area (Å²) in [6.45, 7) is 0. The third-order valence-corrected chi connectivity index (χ3v) is 0. The molecule has 0 aliphatic heterocycles. The molecule has 0 atom stereocenters. The van der Waals surface area contributed by atoms with E-state index in [0.717, 1.165) is 0 Å². The summed E-state index contributed by atoms with van der Waals surface area (Å²) in [5.74, 6) is 0. The molecule has 1 radical (unpaired) electrons. The first-order valence-electron chi connectivity index (χ1n) is 2.64. The second-order valence-electron chi connectivity index (χ2n) is 1.17. The summed E-state index contributed by atoms with van der Waals surface area (Å²) >= 11 is 0. The quantitative estimate of drug-likeness (QED) is 0.244. The molecule has 0 aliphatic carbocycles. The first-order chi connectivity index (χ1) is 6.61. The number of nitrogens with zero attached hydrogens (tertiary/aromatic N) is 3. The summed E-state index contributed by atoms with van der Waals surface area (Å²) in [5.41, 5.74) is 0. The summed E-state index contributed by atoms with van der Waals surface area (Å²) in [5, 5.41) is 47.0. The number of nitrogens with one attached hydrogen (secondary N) is 1. The molecule has 18 heteroatoms. The van der Waals surface area contributed by atoms with Crippen LogP contribution < -0.4 is 5.14 Å². The van der Waals surface area contributed by atoms with Crippen LogP contribution in [0.2, 0.25) is 0 Å². The van der Waals surface area contributed by atoms with E-state index in [4.69, 9.17) is 46.0 Å². The SMILES string of the molecule is BNB.O=[N+]([O-])[O-].O=[N+]([O-])[O-].O=[N+]([O-])[O-].[Fe+3].[O-2].[Sr+2]. The Kier molecular flexibility index (Phi) is 105. The van der Waals surface area contributed by atoms with Crippen LogP contribution in [0.1, 0.15) is 0 Å². The second kappa shape index (κ2) is 43.8. The van der Waals surface area contributed by atoms with Crippen molar-refractivity contribution < 1.29 is 37.8 Å². The van der Waals surface area contributed by atoms with Gasteiger partial charge in [0.1, 0.15) is 0 Å². The third-order valence-electron chi connectivity index (χ3n) is 0. The Balaban J connectivity index is -0.0000000171. The second-order valence-corrected chi connectivity index (χ2v) is 1.17. The predicted molar refractivity (Wildman–Crippen MR) is 57.7 cm³/mol. The van der Waals surface area contributed by atoms with Gasteiger partial charge in [-0.1, -0.05) is 0 Å². The Hall–Kier alpha value is -0.350. The van der Waals surface area contributed by atoms with Crippen molar-refractivity contribution in [3.8, 4) is 0 Å². The molecule has 0 amide bonds. The van der Waals surface area contributed by atoms with Crippen LogP contribution in [0.4, 0.5) is 0 Å². The van der Waals surface area contributed by atoms with Crippen molar-refractivity contribution in [3.05, 3.63) is 46.0 Å². The molecule has 0 aliphatic rings. The predicted octanol–water partition coefficient (Wildman–Crippen LogP) is -3.55. The monoisotopic (exact) mass is 387 g/mol. The van der Waals surface area contributed by atoms with Gasteiger partial charge in [0.15, 0.2) is 16.0 Å². The van der Waals surface area contributed by atoms with Crippen LogP contribution in [0, 0.1) is 46.0 Å². The van der Waals surface area contributed by atoms with Gasteiger partial charge in [-0.3, -0.25) is 0 Å². The zero-order valence-corrected chi connectivity index (χ0v) is 13.6. The molecular formula is H5B2FeN4O10Sr. The number of hydrogen-bond donors (Lipinski definition) is 1. The maximum atomic E-state index is 8.25. The van der Waals surface area contributed by atoms with Gasteiger partial charge in [-0.2, -0.15) is 0 Å². The Morgan fingerprint density at radius 2 is 0.722 bits per heavy atom. The molecular weight excluding hydrogens is 381 g/mol. The minimum atomic E-state index is -1.75. The van der Waals surface area contributed by atoms with Crippen molar-refractivity contribution in [3.63, 3.8) is 0 Å². The maximum Gasteiger partial charge on any atom is 3.00 e. The Bertz CT molecular complexity index is 141. The topological polar surface area (TPSA) is 239 Å². The molecule has 0 spiro atoms. The molecule has 0 bridgehead atoms. The summed E-state index contributed by atoms with van der Waals surface area (Å²) < 4.78 is 0. The van der Waals surface area contributed by atoms with Crippen molar-refractivity contribution in [1.29, 1.82) is 0 Å². The van der Waals surface area contributed by atoms with Crippen molar-refractivity contribution in [2.75, 3.05) is 0 Å². The zero-order chi connectivity index (χ0) is 13.4. The fraction of sp³-hybridized carbons (Fsp3) is 0. The van der Waals surface area contributed by atoms with Gasteiger partial charge in [-0.05, 0) is 0 Å². The molecule has 0 aromatic heterocycles. The molecule has 0 heterocycles. The van der Waals surface area contributed by atoms with E-state index in [2.05, 4.69) is 5.14 Å². The van der Waals surface area contributed by atoms with Gasteiger partial charge in [0.25, 0.3) is 0 Å². The molecule has 0 fully saturated rings. The Morgan fingerprint density at radius 3 is 0.722 bits per heavy atom. The van der Waals surface area contributed by atoms with Crippen molar-refractivity contribution in [1.82, 2.24) is 5.14 Å². The van der Waals surface area contributed by atoms with E-state index in [1.54, 1.807) is 0 Å². The fourth-order valence-corrected chi connectivity index (χ4v) is 0. The van der Waals surface area contributed by atoms with E-state index < -0.39 is 15.3 Å². The summed E-state index contributed by atoms with van der Waals surface area (Å²) in [6.07, 6.45) is 0. The van der Waals surface area contributed by atoms with Crippen LogP contribution in [0.3, 0.4) is 0 Å². The summed E-state index contributed by atoms with van der Waals surface area (Å²) in [7, 11) is 3.75. The van der Waals surface area contributed by atoms with Gasteiger partial charge in [0.2, 0.25) is 0 Å². The number of rotatable bonds is 0. The average molecular weight is 386 g/mol. The van der Waals surface area contributed by atoms with Crippen molar-refractivity contribution in [2.24, 2.45) is 0 Å². The molecule has 1 N–H and O–H groups in total. The van der Waals surface area contributed by atoms with Crippen LogP contribution in [0.15, 0.2) is 0 Å². The van der Waals surface area contributed by atoms with Crippen molar-refractivity contribution in [2.45, 2.75) is 0 Å². The first-order valence-corrected chi connectivity index (χ1v) is 2.64. The first kappa shape index (κ1) is 43.1. The van der Waals surface area contributed by atoms with Crippen LogP contribution in [0.25, 0.3) is 0 Å².